The summed E-state index contributed by atoms with van der Waals surface area (Å²) >= 11 is 0. The Bertz CT molecular complexity index is 338. The number of nitrogens with zero attached hydrogens (tertiary/aromatic N) is 2. The fourth-order valence-electron chi connectivity index (χ4n) is 1.25. The topological polar surface area (TPSA) is 53.6 Å². The van der Waals surface area contributed by atoms with E-state index in [0.717, 1.165) is 0 Å². The number of carbonyl (C=O) groups is 1. The Hall–Kier alpha value is -1.40. The Kier molecular flexibility index (Phi) is 6.27. The maximum atomic E-state index is 11.4. The SMILES string of the molecule is COCCOCCOC(=O)C[n+]1ccn(C)c1. The zero-order valence-corrected chi connectivity index (χ0v) is 10.3. The van der Waals surface area contributed by atoms with E-state index < -0.39 is 0 Å². The molecule has 0 aliphatic rings. The van der Waals surface area contributed by atoms with Gasteiger partial charge in [-0.3, -0.25) is 0 Å². The smallest absolute Gasteiger partial charge is 0.348 e. The van der Waals surface area contributed by atoms with Crippen molar-refractivity contribution in [3.8, 4) is 0 Å². The molecule has 6 nitrogen and oxygen atoms in total. The Morgan fingerprint density at radius 1 is 1.29 bits per heavy atom. The van der Waals surface area contributed by atoms with E-state index in [2.05, 4.69) is 0 Å². The fraction of sp³-hybridized carbons (Fsp3) is 0.636. The lowest BCUT2D eigenvalue weighted by atomic mass is 10.6. The Morgan fingerprint density at radius 3 is 2.71 bits per heavy atom. The molecule has 96 valence electrons. The molecule has 0 N–H and O–H groups in total. The van der Waals surface area contributed by atoms with E-state index in [1.54, 1.807) is 11.7 Å². The second-order valence-electron chi connectivity index (χ2n) is 3.58. The number of aryl methyl sites for hydroxylation is 1. The molecule has 0 aliphatic heterocycles. The van der Waals surface area contributed by atoms with Crippen molar-refractivity contribution in [2.45, 2.75) is 6.54 Å². The summed E-state index contributed by atoms with van der Waals surface area (Å²) in [7, 11) is 3.51. The minimum absolute atomic E-state index is 0.221. The minimum atomic E-state index is -0.267. The van der Waals surface area contributed by atoms with Crippen molar-refractivity contribution < 1.29 is 23.6 Å². The van der Waals surface area contributed by atoms with Crippen molar-refractivity contribution in [2.75, 3.05) is 33.5 Å². The summed E-state index contributed by atoms with van der Waals surface area (Å²) in [5.41, 5.74) is 0. The molecular weight excluding hydrogens is 224 g/mol. The van der Waals surface area contributed by atoms with E-state index >= 15 is 0 Å². The molecule has 1 aromatic heterocycles. The summed E-state index contributed by atoms with van der Waals surface area (Å²) in [5.74, 6) is -0.267. The number of imidazole rings is 1. The van der Waals surface area contributed by atoms with Gasteiger partial charge in [0.1, 0.15) is 19.0 Å². The lowest BCUT2D eigenvalue weighted by Crippen LogP contribution is -2.36. The lowest BCUT2D eigenvalue weighted by molar-refractivity contribution is -0.685. The average molecular weight is 243 g/mol. The van der Waals surface area contributed by atoms with Crippen molar-refractivity contribution in [2.24, 2.45) is 7.05 Å². The maximum Gasteiger partial charge on any atom is 0.348 e. The standard InChI is InChI=1S/C11H19N2O4/c1-12-3-4-13(10-12)9-11(14)17-8-7-16-6-5-15-2/h3-4,10H,5-9H2,1-2H3/q+1. The number of ether oxygens (including phenoxy) is 3. The Morgan fingerprint density at radius 2 is 2.06 bits per heavy atom. The van der Waals surface area contributed by atoms with Crippen LogP contribution in [-0.4, -0.2) is 44.1 Å². The van der Waals surface area contributed by atoms with E-state index in [-0.39, 0.29) is 19.1 Å². The van der Waals surface area contributed by atoms with Crippen LogP contribution in [0.2, 0.25) is 0 Å². The van der Waals surface area contributed by atoms with Crippen LogP contribution in [0.3, 0.4) is 0 Å². The molecule has 1 aromatic rings. The number of hydrogen-bond donors (Lipinski definition) is 0. The molecular formula is C11H19N2O4+. The van der Waals surface area contributed by atoms with Gasteiger partial charge in [0, 0.05) is 7.11 Å². The molecule has 1 heterocycles. The van der Waals surface area contributed by atoms with Gasteiger partial charge in [-0.1, -0.05) is 0 Å². The third-order valence-electron chi connectivity index (χ3n) is 2.06. The van der Waals surface area contributed by atoms with E-state index in [1.165, 1.54) is 0 Å². The highest BCUT2D eigenvalue weighted by Crippen LogP contribution is 1.84. The van der Waals surface area contributed by atoms with E-state index in [9.17, 15) is 4.79 Å². The van der Waals surface area contributed by atoms with Crippen molar-refractivity contribution in [1.82, 2.24) is 4.57 Å². The maximum absolute atomic E-state index is 11.4. The highest BCUT2D eigenvalue weighted by molar-refractivity contribution is 5.67. The molecule has 0 aliphatic carbocycles. The lowest BCUT2D eigenvalue weighted by Gasteiger charge is -2.04. The molecule has 0 radical (unpaired) electrons. The second kappa shape index (κ2) is 7.81. The molecule has 0 amide bonds. The Balaban J connectivity index is 2.05. The molecule has 0 bridgehead atoms. The monoisotopic (exact) mass is 243 g/mol. The molecule has 0 fully saturated rings. The van der Waals surface area contributed by atoms with Gasteiger partial charge in [-0.2, -0.15) is 0 Å². The van der Waals surface area contributed by atoms with Crippen LogP contribution in [0.5, 0.6) is 0 Å². The molecule has 6 heteroatoms. The highest BCUT2D eigenvalue weighted by atomic mass is 16.6. The Labute approximate surface area is 101 Å². The highest BCUT2D eigenvalue weighted by Gasteiger charge is 2.08. The first-order valence-electron chi connectivity index (χ1n) is 5.45. The summed E-state index contributed by atoms with van der Waals surface area (Å²) in [6.45, 7) is 1.96. The number of esters is 1. The van der Waals surface area contributed by atoms with Gasteiger partial charge in [0.25, 0.3) is 0 Å². The molecule has 0 unspecified atom stereocenters. The van der Waals surface area contributed by atoms with Gasteiger partial charge >= 0.3 is 5.97 Å². The first-order chi connectivity index (χ1) is 8.22. The van der Waals surface area contributed by atoms with Crippen LogP contribution in [0.25, 0.3) is 0 Å². The number of carbonyl (C=O) groups excluding carboxylic acids is 1. The first kappa shape index (κ1) is 13.7. The summed E-state index contributed by atoms with van der Waals surface area (Å²) in [6.07, 6.45) is 5.49. The van der Waals surface area contributed by atoms with Crippen LogP contribution in [0.1, 0.15) is 0 Å². The van der Waals surface area contributed by atoms with Gasteiger partial charge in [-0.05, 0) is 0 Å². The van der Waals surface area contributed by atoms with Gasteiger partial charge < -0.3 is 14.2 Å². The summed E-state index contributed by atoms with van der Waals surface area (Å²) in [6, 6.07) is 0. The molecule has 0 spiro atoms. The summed E-state index contributed by atoms with van der Waals surface area (Å²) in [5, 5.41) is 0. The number of rotatable bonds is 8. The first-order valence-corrected chi connectivity index (χ1v) is 5.45. The van der Waals surface area contributed by atoms with E-state index in [1.807, 2.05) is 30.3 Å². The van der Waals surface area contributed by atoms with Gasteiger partial charge in [0.2, 0.25) is 6.33 Å². The predicted octanol–water partition coefficient (Wildman–Crippen LogP) is -0.481. The van der Waals surface area contributed by atoms with Crippen LogP contribution in [-0.2, 0) is 32.6 Å². The number of hydrogen-bond acceptors (Lipinski definition) is 4. The summed E-state index contributed by atoms with van der Waals surface area (Å²) < 4.78 is 18.6. The van der Waals surface area contributed by atoms with Crippen LogP contribution in [0, 0.1) is 0 Å². The van der Waals surface area contributed by atoms with Crippen LogP contribution in [0.15, 0.2) is 18.7 Å². The largest absolute Gasteiger partial charge is 0.460 e. The zero-order chi connectivity index (χ0) is 12.5. The van der Waals surface area contributed by atoms with E-state index in [0.29, 0.717) is 19.8 Å². The van der Waals surface area contributed by atoms with Crippen LogP contribution >= 0.6 is 0 Å². The summed E-state index contributed by atoms with van der Waals surface area (Å²) in [4.78, 5) is 11.4. The van der Waals surface area contributed by atoms with Crippen molar-refractivity contribution in [1.29, 1.82) is 0 Å². The molecule has 17 heavy (non-hydrogen) atoms. The van der Waals surface area contributed by atoms with Crippen molar-refractivity contribution >= 4 is 5.97 Å². The number of aromatic nitrogens is 2. The molecule has 0 saturated carbocycles. The molecule has 0 aromatic carbocycles. The quantitative estimate of drug-likeness (QED) is 0.351. The van der Waals surface area contributed by atoms with Crippen molar-refractivity contribution in [3.63, 3.8) is 0 Å². The van der Waals surface area contributed by atoms with Gasteiger partial charge in [-0.15, -0.1) is 0 Å². The molecule has 0 saturated heterocycles. The average Bonchev–Trinajstić information content (AvgIpc) is 2.69. The van der Waals surface area contributed by atoms with Crippen molar-refractivity contribution in [3.05, 3.63) is 18.7 Å². The van der Waals surface area contributed by atoms with Gasteiger partial charge in [0.05, 0.1) is 26.9 Å². The minimum Gasteiger partial charge on any atom is -0.460 e. The third kappa shape index (κ3) is 6.03. The normalized spacial score (nSPS) is 10.5. The third-order valence-corrected chi connectivity index (χ3v) is 2.06. The van der Waals surface area contributed by atoms with Crippen LogP contribution in [0.4, 0.5) is 0 Å². The predicted molar refractivity (Wildman–Crippen MR) is 59.3 cm³/mol. The number of methoxy groups -OCH3 is 1. The zero-order valence-electron chi connectivity index (χ0n) is 10.3. The van der Waals surface area contributed by atoms with Crippen LogP contribution < -0.4 is 4.57 Å². The van der Waals surface area contributed by atoms with Gasteiger partial charge in [0.15, 0.2) is 6.54 Å². The fourth-order valence-corrected chi connectivity index (χ4v) is 1.25. The second-order valence-corrected chi connectivity index (χ2v) is 3.58. The molecule has 0 atom stereocenters. The van der Waals surface area contributed by atoms with E-state index in [4.69, 9.17) is 14.2 Å². The van der Waals surface area contributed by atoms with Gasteiger partial charge in [-0.25, -0.2) is 13.9 Å². The molecule has 1 rings (SSSR count).